The maximum absolute atomic E-state index is 11.8. The van der Waals surface area contributed by atoms with Gasteiger partial charge in [0.1, 0.15) is 5.82 Å². The van der Waals surface area contributed by atoms with Crippen molar-refractivity contribution >= 4 is 11.6 Å². The summed E-state index contributed by atoms with van der Waals surface area (Å²) >= 11 is 5.48. The number of alkyl halides is 4. The highest BCUT2D eigenvalue weighted by Crippen LogP contribution is 2.20. The van der Waals surface area contributed by atoms with E-state index in [9.17, 15) is 13.2 Å². The number of aromatic nitrogens is 2. The fraction of sp³-hybridized carbons (Fsp3) is 0.500. The van der Waals surface area contributed by atoms with Crippen LogP contribution in [0.2, 0.25) is 0 Å². The first-order chi connectivity index (χ1) is 6.51. The number of hydrogen-bond acceptors (Lipinski definition) is 2. The third-order valence-electron chi connectivity index (χ3n) is 1.53. The summed E-state index contributed by atoms with van der Waals surface area (Å²) < 4.78 is 35.5. The summed E-state index contributed by atoms with van der Waals surface area (Å²) in [5.74, 6) is 0.363. The van der Waals surface area contributed by atoms with Crippen LogP contribution in [0.1, 0.15) is 17.9 Å². The third kappa shape index (κ3) is 3.91. The second kappa shape index (κ2) is 4.59. The predicted molar refractivity (Wildman–Crippen MR) is 46.0 cm³/mol. The largest absolute Gasteiger partial charge is 0.389 e. The average Bonchev–Trinajstić information content (AvgIpc) is 2.14. The van der Waals surface area contributed by atoms with Crippen molar-refractivity contribution in [3.05, 3.63) is 23.8 Å². The Morgan fingerprint density at radius 3 is 2.64 bits per heavy atom. The predicted octanol–water partition coefficient (Wildman–Crippen LogP) is 2.71. The molecule has 6 heteroatoms. The van der Waals surface area contributed by atoms with Gasteiger partial charge in [-0.15, -0.1) is 11.6 Å². The van der Waals surface area contributed by atoms with Crippen LogP contribution in [0.5, 0.6) is 0 Å². The summed E-state index contributed by atoms with van der Waals surface area (Å²) in [6.45, 7) is 0. The summed E-state index contributed by atoms with van der Waals surface area (Å²) in [5, 5.41) is 0. The monoisotopic (exact) mass is 224 g/mol. The maximum Gasteiger partial charge on any atom is 0.389 e. The van der Waals surface area contributed by atoms with Gasteiger partial charge < -0.3 is 0 Å². The molecule has 0 spiro atoms. The molecule has 78 valence electrons. The molecule has 0 saturated carbocycles. The van der Waals surface area contributed by atoms with E-state index in [2.05, 4.69) is 9.97 Å². The Kier molecular flexibility index (Phi) is 3.69. The van der Waals surface area contributed by atoms with E-state index in [1.807, 2.05) is 0 Å². The standard InChI is InChI=1S/C8H8ClF3N2/c9-5-6-2-4-13-7(14-6)1-3-8(10,11)12/h2,4H,1,3,5H2. The topological polar surface area (TPSA) is 25.8 Å². The number of nitrogens with zero attached hydrogens (tertiary/aromatic N) is 2. The Morgan fingerprint density at radius 1 is 1.36 bits per heavy atom. The molecule has 0 aliphatic rings. The molecular weight excluding hydrogens is 217 g/mol. The van der Waals surface area contributed by atoms with E-state index in [4.69, 9.17) is 11.6 Å². The molecule has 1 aromatic rings. The van der Waals surface area contributed by atoms with Gasteiger partial charge in [0, 0.05) is 12.6 Å². The van der Waals surface area contributed by atoms with Crippen LogP contribution in [-0.2, 0) is 12.3 Å². The second-order valence-electron chi connectivity index (χ2n) is 2.71. The summed E-state index contributed by atoms with van der Waals surface area (Å²) in [6, 6.07) is 1.57. The quantitative estimate of drug-likeness (QED) is 0.738. The van der Waals surface area contributed by atoms with Gasteiger partial charge in [0.15, 0.2) is 0 Å². The van der Waals surface area contributed by atoms with Gasteiger partial charge in [-0.25, -0.2) is 9.97 Å². The Balaban J connectivity index is 2.59. The molecule has 0 aliphatic carbocycles. The molecule has 0 aliphatic heterocycles. The SMILES string of the molecule is FC(F)(F)CCc1nccc(CCl)n1. The zero-order valence-electron chi connectivity index (χ0n) is 7.18. The molecule has 0 saturated heterocycles. The molecule has 0 aromatic carbocycles. The van der Waals surface area contributed by atoms with E-state index < -0.39 is 12.6 Å². The number of halogens is 4. The Hall–Kier alpha value is -0.840. The lowest BCUT2D eigenvalue weighted by Crippen LogP contribution is -2.10. The van der Waals surface area contributed by atoms with Crippen LogP contribution in [0.15, 0.2) is 12.3 Å². The lowest BCUT2D eigenvalue weighted by molar-refractivity contribution is -0.134. The van der Waals surface area contributed by atoms with Gasteiger partial charge in [-0.1, -0.05) is 0 Å². The Labute approximate surface area is 84.1 Å². The van der Waals surface area contributed by atoms with Gasteiger partial charge in [0.25, 0.3) is 0 Å². The smallest absolute Gasteiger partial charge is 0.241 e. The molecular formula is C8H8ClF3N2. The van der Waals surface area contributed by atoms with Gasteiger partial charge in [-0.3, -0.25) is 0 Å². The lowest BCUT2D eigenvalue weighted by Gasteiger charge is -2.05. The minimum atomic E-state index is -4.17. The van der Waals surface area contributed by atoms with E-state index in [1.54, 1.807) is 6.07 Å². The normalized spacial score (nSPS) is 11.7. The van der Waals surface area contributed by atoms with Gasteiger partial charge in [0.05, 0.1) is 18.0 Å². The minimum Gasteiger partial charge on any atom is -0.241 e. The van der Waals surface area contributed by atoms with Gasteiger partial charge in [-0.05, 0) is 6.07 Å². The molecule has 0 amide bonds. The first-order valence-electron chi connectivity index (χ1n) is 3.95. The van der Waals surface area contributed by atoms with Crippen molar-refractivity contribution in [1.82, 2.24) is 9.97 Å². The van der Waals surface area contributed by atoms with E-state index in [1.165, 1.54) is 6.20 Å². The van der Waals surface area contributed by atoms with Crippen molar-refractivity contribution in [1.29, 1.82) is 0 Å². The van der Waals surface area contributed by atoms with Gasteiger partial charge >= 0.3 is 6.18 Å². The first-order valence-corrected chi connectivity index (χ1v) is 4.48. The minimum absolute atomic E-state index is 0.181. The molecule has 1 rings (SSSR count). The number of aryl methyl sites for hydroxylation is 1. The number of hydrogen-bond donors (Lipinski definition) is 0. The van der Waals surface area contributed by atoms with Crippen LogP contribution in [0.4, 0.5) is 13.2 Å². The van der Waals surface area contributed by atoms with Crippen LogP contribution in [0.25, 0.3) is 0 Å². The van der Waals surface area contributed by atoms with Gasteiger partial charge in [-0.2, -0.15) is 13.2 Å². The summed E-state index contributed by atoms with van der Waals surface area (Å²) in [5.41, 5.74) is 0.541. The Bertz CT molecular complexity index is 301. The molecule has 0 bridgehead atoms. The summed E-state index contributed by atoms with van der Waals surface area (Å²) in [4.78, 5) is 7.57. The van der Waals surface area contributed by atoms with Crippen LogP contribution >= 0.6 is 11.6 Å². The fourth-order valence-electron chi connectivity index (χ4n) is 0.890. The van der Waals surface area contributed by atoms with Gasteiger partial charge in [0.2, 0.25) is 0 Å². The van der Waals surface area contributed by atoms with E-state index >= 15 is 0 Å². The van der Waals surface area contributed by atoms with E-state index in [-0.39, 0.29) is 18.1 Å². The zero-order chi connectivity index (χ0) is 10.6. The lowest BCUT2D eigenvalue weighted by atomic mass is 10.3. The summed E-state index contributed by atoms with van der Waals surface area (Å²) in [7, 11) is 0. The third-order valence-corrected chi connectivity index (χ3v) is 1.81. The molecule has 1 aromatic heterocycles. The summed E-state index contributed by atoms with van der Waals surface area (Å²) in [6.07, 6.45) is -3.86. The van der Waals surface area contributed by atoms with Crippen LogP contribution < -0.4 is 0 Å². The van der Waals surface area contributed by atoms with Crippen molar-refractivity contribution in [3.63, 3.8) is 0 Å². The van der Waals surface area contributed by atoms with Crippen LogP contribution in [-0.4, -0.2) is 16.1 Å². The average molecular weight is 225 g/mol. The van der Waals surface area contributed by atoms with Crippen LogP contribution in [0.3, 0.4) is 0 Å². The van der Waals surface area contributed by atoms with E-state index in [0.717, 1.165) is 0 Å². The molecule has 14 heavy (non-hydrogen) atoms. The number of rotatable bonds is 3. The van der Waals surface area contributed by atoms with E-state index in [0.29, 0.717) is 5.69 Å². The first kappa shape index (κ1) is 11.2. The highest BCUT2D eigenvalue weighted by molar-refractivity contribution is 6.16. The van der Waals surface area contributed by atoms with Crippen molar-refractivity contribution in [2.24, 2.45) is 0 Å². The van der Waals surface area contributed by atoms with Crippen molar-refractivity contribution < 1.29 is 13.2 Å². The molecule has 1 heterocycles. The van der Waals surface area contributed by atoms with Crippen molar-refractivity contribution in [2.45, 2.75) is 24.9 Å². The Morgan fingerprint density at radius 2 is 2.07 bits per heavy atom. The second-order valence-corrected chi connectivity index (χ2v) is 2.98. The zero-order valence-corrected chi connectivity index (χ0v) is 7.94. The maximum atomic E-state index is 11.8. The molecule has 0 radical (unpaired) electrons. The highest BCUT2D eigenvalue weighted by Gasteiger charge is 2.26. The molecule has 0 N–H and O–H groups in total. The molecule has 0 atom stereocenters. The van der Waals surface area contributed by atoms with Crippen molar-refractivity contribution in [3.8, 4) is 0 Å². The molecule has 0 unspecified atom stereocenters. The fourth-order valence-corrected chi connectivity index (χ4v) is 1.04. The molecule has 0 fully saturated rings. The molecule has 2 nitrogen and oxygen atoms in total. The van der Waals surface area contributed by atoms with Crippen molar-refractivity contribution in [2.75, 3.05) is 0 Å². The highest BCUT2D eigenvalue weighted by atomic mass is 35.5. The van der Waals surface area contributed by atoms with Crippen LogP contribution in [0, 0.1) is 0 Å².